The summed E-state index contributed by atoms with van der Waals surface area (Å²) in [5, 5.41) is 28.7. The number of nitro groups is 2. The number of halogens is 2. The minimum Gasteiger partial charge on any atom is -0.349 e. The molecule has 32 heavy (non-hydrogen) atoms. The second-order valence-corrected chi connectivity index (χ2v) is 8.39. The van der Waals surface area contributed by atoms with Gasteiger partial charge in [0.25, 0.3) is 11.4 Å². The van der Waals surface area contributed by atoms with Gasteiger partial charge in [-0.25, -0.2) is 0 Å². The lowest BCUT2D eigenvalue weighted by molar-refractivity contribution is -0.921. The highest BCUT2D eigenvalue weighted by Gasteiger charge is 2.16. The Hall–Kier alpha value is -2.44. The number of benzene rings is 2. The molecule has 0 amide bonds. The van der Waals surface area contributed by atoms with Gasteiger partial charge in [0.05, 0.1) is 36.0 Å². The van der Waals surface area contributed by atoms with E-state index >= 15 is 0 Å². The number of hydrogen-bond acceptors (Lipinski definition) is 6. The van der Waals surface area contributed by atoms with E-state index < -0.39 is 9.85 Å². The molecule has 0 heterocycles. The van der Waals surface area contributed by atoms with Crippen LogP contribution in [0, 0.1) is 20.2 Å². The van der Waals surface area contributed by atoms with E-state index in [-0.39, 0.29) is 11.4 Å². The van der Waals surface area contributed by atoms with Gasteiger partial charge < -0.3 is 15.0 Å². The maximum Gasteiger partial charge on any atom is 0.270 e. The van der Waals surface area contributed by atoms with Gasteiger partial charge in [0.2, 0.25) is 0 Å². The molecule has 2 aromatic carbocycles. The van der Waals surface area contributed by atoms with Crippen molar-refractivity contribution in [2.24, 2.45) is 10.3 Å². The number of quaternary nitrogens is 1. The summed E-state index contributed by atoms with van der Waals surface area (Å²) in [6.07, 6.45) is 0. The van der Waals surface area contributed by atoms with Gasteiger partial charge in [-0.2, -0.15) is 0 Å². The zero-order chi connectivity index (χ0) is 24.3. The van der Waals surface area contributed by atoms with Gasteiger partial charge in [0.1, 0.15) is 0 Å². The quantitative estimate of drug-likeness (QED) is 0.132. The first-order chi connectivity index (χ1) is 15.1. The molecule has 0 aliphatic heterocycles. The lowest BCUT2D eigenvalue weighted by atomic mass is 10.3. The summed E-state index contributed by atoms with van der Waals surface area (Å²) in [5.41, 5.74) is 4.40. The number of non-ortho nitro benzene ring substituents is 2. The van der Waals surface area contributed by atoms with Crippen molar-refractivity contribution in [1.82, 2.24) is 0 Å². The normalized spacial score (nSPS) is 11.1. The van der Waals surface area contributed by atoms with Crippen LogP contribution in [0.3, 0.4) is 0 Å². The van der Waals surface area contributed by atoms with Crippen LogP contribution in [0.15, 0.2) is 55.7 Å². The zero-order valence-corrected chi connectivity index (χ0v) is 21.5. The number of nitro benzene ring substituents is 2. The number of nitrogens with zero attached hydrogens (tertiary/aromatic N) is 6. The fraction of sp³-hybridized carbons (Fsp3) is 0.400. The molecule has 0 saturated carbocycles. The van der Waals surface area contributed by atoms with Gasteiger partial charge in [-0.3, -0.25) is 25.5 Å². The molecular weight excluding hydrogens is 548 g/mol. The Morgan fingerprint density at radius 3 is 1.69 bits per heavy atom. The third-order valence-corrected chi connectivity index (χ3v) is 6.54. The average Bonchev–Trinajstić information content (AvgIpc) is 2.78. The maximum atomic E-state index is 10.6. The number of rotatable bonds is 9. The summed E-state index contributed by atoms with van der Waals surface area (Å²) < 4.78 is 2.07. The molecular formula is C20H26Br2N6O4. The van der Waals surface area contributed by atoms with E-state index in [0.717, 1.165) is 0 Å². The Morgan fingerprint density at radius 1 is 0.844 bits per heavy atom. The summed E-state index contributed by atoms with van der Waals surface area (Å²) in [6, 6.07) is 8.03. The molecule has 0 N–H and O–H groups in total. The lowest BCUT2D eigenvalue weighted by Gasteiger charge is -2.34. The van der Waals surface area contributed by atoms with Crippen LogP contribution < -0.4 is 0 Å². The minimum absolute atomic E-state index is 0.0779. The summed E-state index contributed by atoms with van der Waals surface area (Å²) >= 11 is 6.32. The Morgan fingerprint density at radius 2 is 1.31 bits per heavy atom. The highest BCUT2D eigenvalue weighted by atomic mass is 79.9. The fourth-order valence-electron chi connectivity index (χ4n) is 2.84. The van der Waals surface area contributed by atoms with Crippen molar-refractivity contribution in [3.63, 3.8) is 0 Å². The van der Waals surface area contributed by atoms with E-state index in [2.05, 4.69) is 75.3 Å². The maximum absolute atomic E-state index is 10.6. The van der Waals surface area contributed by atoms with Crippen LogP contribution in [0.25, 0.3) is 5.43 Å². The summed E-state index contributed by atoms with van der Waals surface area (Å²) in [4.78, 5) is 20.2. The predicted octanol–water partition coefficient (Wildman–Crippen LogP) is 7.61. The molecule has 2 aromatic rings. The van der Waals surface area contributed by atoms with Crippen LogP contribution in [-0.4, -0.2) is 40.5 Å². The van der Waals surface area contributed by atoms with Gasteiger partial charge in [0, 0.05) is 33.2 Å². The van der Waals surface area contributed by atoms with Gasteiger partial charge in [-0.1, -0.05) is 31.9 Å². The molecule has 0 atom stereocenters. The molecule has 0 aliphatic carbocycles. The molecule has 2 rings (SSSR count). The highest BCUT2D eigenvalue weighted by molar-refractivity contribution is 9.11. The van der Waals surface area contributed by atoms with Crippen LogP contribution in [0.4, 0.5) is 22.7 Å². The van der Waals surface area contributed by atoms with Crippen molar-refractivity contribution in [2.45, 2.75) is 27.7 Å². The third kappa shape index (κ3) is 7.92. The standard InChI is InChI=1S/C12H6Br2N5O4.C8H20N/c13-9-5-7(18(20)21)1-3-11(9)15-17-16-12-4-2-8(19(22)23)6-10(12)14;1-5-9(6-2,7-3)8-4/h1-6H;5-8H2,1-4H3/q-1;+1. The molecule has 0 aromatic heterocycles. The van der Waals surface area contributed by atoms with Crippen LogP contribution >= 0.6 is 31.9 Å². The predicted molar refractivity (Wildman–Crippen MR) is 132 cm³/mol. The summed E-state index contributed by atoms with van der Waals surface area (Å²) in [5.74, 6) is 0. The third-order valence-electron chi connectivity index (χ3n) is 5.27. The van der Waals surface area contributed by atoms with Crippen LogP contribution in [-0.2, 0) is 0 Å². The van der Waals surface area contributed by atoms with Gasteiger partial charge in [-0.05, 0) is 51.2 Å². The summed E-state index contributed by atoms with van der Waals surface area (Å²) in [6.45, 7) is 14.2. The molecule has 10 nitrogen and oxygen atoms in total. The fourth-order valence-corrected chi connectivity index (χ4v) is 3.73. The van der Waals surface area contributed by atoms with Crippen molar-refractivity contribution >= 4 is 54.6 Å². The van der Waals surface area contributed by atoms with Gasteiger partial charge in [-0.15, -0.1) is 0 Å². The van der Waals surface area contributed by atoms with Crippen molar-refractivity contribution in [1.29, 1.82) is 0 Å². The Bertz CT molecular complexity index is 950. The Labute approximate surface area is 203 Å². The van der Waals surface area contributed by atoms with E-state index in [1.54, 1.807) is 0 Å². The van der Waals surface area contributed by atoms with Crippen molar-refractivity contribution < 1.29 is 14.3 Å². The van der Waals surface area contributed by atoms with Crippen LogP contribution in [0.5, 0.6) is 0 Å². The topological polar surface area (TPSA) is 125 Å². The molecule has 0 bridgehead atoms. The van der Waals surface area contributed by atoms with Crippen molar-refractivity contribution in [3.8, 4) is 0 Å². The molecule has 0 radical (unpaired) electrons. The van der Waals surface area contributed by atoms with Gasteiger partial charge >= 0.3 is 0 Å². The second kappa shape index (κ2) is 13.2. The SMILES string of the molecule is CC[N+](CC)(CC)CC.O=[N+]([O-])c1ccc(N=N[N-]c2ccc([N+](=O)[O-])cc2Br)c(Br)c1. The molecule has 12 heteroatoms. The van der Waals surface area contributed by atoms with E-state index in [1.165, 1.54) is 67.1 Å². The van der Waals surface area contributed by atoms with E-state index in [4.69, 9.17) is 0 Å². The largest absolute Gasteiger partial charge is 0.349 e. The first-order valence-electron chi connectivity index (χ1n) is 9.97. The molecule has 0 unspecified atom stereocenters. The summed E-state index contributed by atoms with van der Waals surface area (Å²) in [7, 11) is 0. The average molecular weight is 574 g/mol. The first-order valence-corrected chi connectivity index (χ1v) is 11.6. The lowest BCUT2D eigenvalue weighted by Crippen LogP contribution is -2.47. The molecule has 0 spiro atoms. The zero-order valence-electron chi connectivity index (χ0n) is 18.4. The van der Waals surface area contributed by atoms with E-state index in [9.17, 15) is 20.2 Å². The van der Waals surface area contributed by atoms with Crippen LogP contribution in [0.2, 0.25) is 0 Å². The first kappa shape index (κ1) is 27.6. The highest BCUT2D eigenvalue weighted by Crippen LogP contribution is 2.34. The van der Waals surface area contributed by atoms with Crippen LogP contribution in [0.1, 0.15) is 27.7 Å². The minimum atomic E-state index is -0.524. The molecule has 174 valence electrons. The molecule has 0 aliphatic rings. The Balaban J connectivity index is 0.000000482. The number of hydrogen-bond donors (Lipinski definition) is 0. The van der Waals surface area contributed by atoms with Crippen molar-refractivity contribution in [2.75, 3.05) is 26.2 Å². The smallest absolute Gasteiger partial charge is 0.270 e. The Kier molecular flexibility index (Phi) is 11.4. The second-order valence-electron chi connectivity index (χ2n) is 6.68. The molecule has 0 fully saturated rings. The molecule has 0 saturated heterocycles. The van der Waals surface area contributed by atoms with E-state index in [0.29, 0.717) is 20.3 Å². The van der Waals surface area contributed by atoms with Crippen molar-refractivity contribution in [3.05, 3.63) is 71.0 Å². The van der Waals surface area contributed by atoms with E-state index in [1.807, 2.05) is 0 Å². The van der Waals surface area contributed by atoms with Gasteiger partial charge in [0.15, 0.2) is 0 Å². The monoisotopic (exact) mass is 572 g/mol.